The monoisotopic (exact) mass is 236 g/mol. The highest BCUT2D eigenvalue weighted by atomic mass is 16.5. The molecule has 0 aliphatic carbocycles. The van der Waals surface area contributed by atoms with E-state index in [2.05, 4.69) is 0 Å². The van der Waals surface area contributed by atoms with Crippen LogP contribution in [0.25, 0.3) is 6.08 Å². The molecule has 0 bridgehead atoms. The molecule has 1 aromatic carbocycles. The van der Waals surface area contributed by atoms with Gasteiger partial charge in [-0.15, -0.1) is 0 Å². The first-order valence-corrected chi connectivity index (χ1v) is 5.32. The van der Waals surface area contributed by atoms with E-state index in [9.17, 15) is 4.79 Å². The molecule has 92 valence electrons. The molecule has 0 saturated heterocycles. The van der Waals surface area contributed by atoms with Gasteiger partial charge in [0.2, 0.25) is 0 Å². The maximum atomic E-state index is 10.4. The van der Waals surface area contributed by atoms with Gasteiger partial charge in [-0.2, -0.15) is 0 Å². The van der Waals surface area contributed by atoms with Crippen molar-refractivity contribution in [2.45, 2.75) is 13.3 Å². The molecule has 0 aromatic heterocycles. The van der Waals surface area contributed by atoms with Crippen molar-refractivity contribution in [3.8, 4) is 11.5 Å². The Morgan fingerprint density at radius 1 is 1.41 bits per heavy atom. The topological polar surface area (TPSA) is 55.8 Å². The van der Waals surface area contributed by atoms with Crippen molar-refractivity contribution in [2.24, 2.45) is 0 Å². The van der Waals surface area contributed by atoms with E-state index in [0.29, 0.717) is 11.5 Å². The Morgan fingerprint density at radius 3 is 2.76 bits per heavy atom. The Morgan fingerprint density at radius 2 is 2.18 bits per heavy atom. The Bertz CT molecular complexity index is 410. The van der Waals surface area contributed by atoms with Gasteiger partial charge in [0.1, 0.15) is 0 Å². The predicted molar refractivity (Wildman–Crippen MR) is 65.4 cm³/mol. The fourth-order valence-electron chi connectivity index (χ4n) is 1.35. The minimum absolute atomic E-state index is 0.0280. The van der Waals surface area contributed by atoms with E-state index in [1.165, 1.54) is 0 Å². The molecule has 0 radical (unpaired) electrons. The van der Waals surface area contributed by atoms with Crippen molar-refractivity contribution in [2.75, 3.05) is 13.7 Å². The molecule has 4 nitrogen and oxygen atoms in total. The summed E-state index contributed by atoms with van der Waals surface area (Å²) in [6.07, 6.45) is 3.85. The van der Waals surface area contributed by atoms with E-state index in [-0.39, 0.29) is 13.0 Å². The second kappa shape index (κ2) is 6.58. The molecule has 0 aliphatic rings. The Labute approximate surface area is 100 Å². The first-order valence-electron chi connectivity index (χ1n) is 5.32. The largest absolute Gasteiger partial charge is 0.493 e. The number of hydrogen-bond donors (Lipinski definition) is 1. The summed E-state index contributed by atoms with van der Waals surface area (Å²) in [5.74, 6) is 0.280. The third-order valence-electron chi connectivity index (χ3n) is 2.12. The molecular weight excluding hydrogens is 220 g/mol. The van der Waals surface area contributed by atoms with Crippen LogP contribution >= 0.6 is 0 Å². The summed E-state index contributed by atoms with van der Waals surface area (Å²) < 4.78 is 10.5. The van der Waals surface area contributed by atoms with Crippen LogP contribution in [-0.2, 0) is 4.79 Å². The van der Waals surface area contributed by atoms with Gasteiger partial charge in [0.05, 0.1) is 20.1 Å². The summed E-state index contributed by atoms with van der Waals surface area (Å²) in [5, 5.41) is 8.51. The molecular formula is C13H16O4. The summed E-state index contributed by atoms with van der Waals surface area (Å²) >= 11 is 0. The third kappa shape index (κ3) is 4.18. The van der Waals surface area contributed by atoms with Crippen molar-refractivity contribution < 1.29 is 19.4 Å². The molecule has 1 N–H and O–H groups in total. The first kappa shape index (κ1) is 13.1. The van der Waals surface area contributed by atoms with Gasteiger partial charge < -0.3 is 14.6 Å². The lowest BCUT2D eigenvalue weighted by Gasteiger charge is -2.10. The molecule has 0 spiro atoms. The SMILES string of the molecule is C/C=C/c1ccc(OCCC(=O)O)c(OC)c1. The lowest BCUT2D eigenvalue weighted by atomic mass is 10.2. The lowest BCUT2D eigenvalue weighted by molar-refractivity contribution is -0.137. The lowest BCUT2D eigenvalue weighted by Crippen LogP contribution is -2.05. The van der Waals surface area contributed by atoms with Crippen LogP contribution in [0.1, 0.15) is 18.9 Å². The summed E-state index contributed by atoms with van der Waals surface area (Å²) in [7, 11) is 1.55. The van der Waals surface area contributed by atoms with Gasteiger partial charge in [-0.1, -0.05) is 18.2 Å². The van der Waals surface area contributed by atoms with Crippen LogP contribution in [-0.4, -0.2) is 24.8 Å². The van der Waals surface area contributed by atoms with Crippen LogP contribution < -0.4 is 9.47 Å². The van der Waals surface area contributed by atoms with Crippen LogP contribution in [0, 0.1) is 0 Å². The van der Waals surface area contributed by atoms with Gasteiger partial charge in [-0.05, 0) is 24.6 Å². The van der Waals surface area contributed by atoms with E-state index in [0.717, 1.165) is 5.56 Å². The fraction of sp³-hybridized carbons (Fsp3) is 0.308. The van der Waals surface area contributed by atoms with Crippen LogP contribution in [0.3, 0.4) is 0 Å². The molecule has 4 heteroatoms. The van der Waals surface area contributed by atoms with Crippen molar-refractivity contribution >= 4 is 12.0 Å². The highest BCUT2D eigenvalue weighted by Crippen LogP contribution is 2.28. The number of ether oxygens (including phenoxy) is 2. The second-order valence-electron chi connectivity index (χ2n) is 3.40. The molecule has 0 atom stereocenters. The molecule has 1 aromatic rings. The highest BCUT2D eigenvalue weighted by molar-refractivity contribution is 5.66. The Kier molecular flexibility index (Phi) is 5.07. The van der Waals surface area contributed by atoms with Crippen molar-refractivity contribution in [1.82, 2.24) is 0 Å². The minimum atomic E-state index is -0.880. The maximum absolute atomic E-state index is 10.4. The summed E-state index contributed by atoms with van der Waals surface area (Å²) in [4.78, 5) is 10.4. The smallest absolute Gasteiger partial charge is 0.306 e. The van der Waals surface area contributed by atoms with Gasteiger partial charge in [-0.25, -0.2) is 0 Å². The van der Waals surface area contributed by atoms with Crippen LogP contribution in [0.2, 0.25) is 0 Å². The molecule has 0 amide bonds. The summed E-state index contributed by atoms with van der Waals surface area (Å²) in [6, 6.07) is 5.50. The average Bonchev–Trinajstić information content (AvgIpc) is 2.30. The second-order valence-corrected chi connectivity index (χ2v) is 3.40. The first-order chi connectivity index (χ1) is 8.17. The molecule has 0 heterocycles. The standard InChI is InChI=1S/C13H16O4/c1-3-4-10-5-6-11(12(9-10)16-2)17-8-7-13(14)15/h3-6,9H,7-8H2,1-2H3,(H,14,15)/b4-3+. The van der Waals surface area contributed by atoms with Crippen molar-refractivity contribution in [1.29, 1.82) is 0 Å². The van der Waals surface area contributed by atoms with Gasteiger partial charge >= 0.3 is 5.97 Å². The Balaban J connectivity index is 2.74. The van der Waals surface area contributed by atoms with Gasteiger partial charge in [-0.3, -0.25) is 4.79 Å². The number of allylic oxidation sites excluding steroid dienone is 1. The van der Waals surface area contributed by atoms with E-state index in [1.54, 1.807) is 13.2 Å². The molecule has 0 aliphatic heterocycles. The van der Waals surface area contributed by atoms with Gasteiger partial charge in [0.25, 0.3) is 0 Å². The van der Waals surface area contributed by atoms with E-state index >= 15 is 0 Å². The number of carboxylic acid groups (broad SMARTS) is 1. The number of methoxy groups -OCH3 is 1. The number of carbonyl (C=O) groups is 1. The zero-order chi connectivity index (χ0) is 12.7. The fourth-order valence-corrected chi connectivity index (χ4v) is 1.35. The summed E-state index contributed by atoms with van der Waals surface area (Å²) in [6.45, 7) is 2.07. The van der Waals surface area contributed by atoms with E-state index < -0.39 is 5.97 Å². The van der Waals surface area contributed by atoms with Crippen LogP contribution in [0.5, 0.6) is 11.5 Å². The average molecular weight is 236 g/mol. The quantitative estimate of drug-likeness (QED) is 0.824. The molecule has 0 unspecified atom stereocenters. The molecule has 0 saturated carbocycles. The molecule has 17 heavy (non-hydrogen) atoms. The molecule has 0 fully saturated rings. The highest BCUT2D eigenvalue weighted by Gasteiger charge is 2.05. The summed E-state index contributed by atoms with van der Waals surface area (Å²) in [5.41, 5.74) is 1.01. The zero-order valence-corrected chi connectivity index (χ0v) is 9.97. The number of rotatable bonds is 6. The van der Waals surface area contributed by atoms with Crippen molar-refractivity contribution in [3.63, 3.8) is 0 Å². The van der Waals surface area contributed by atoms with Gasteiger partial charge in [0.15, 0.2) is 11.5 Å². The van der Waals surface area contributed by atoms with E-state index in [4.69, 9.17) is 14.6 Å². The van der Waals surface area contributed by atoms with Gasteiger partial charge in [0, 0.05) is 0 Å². The minimum Gasteiger partial charge on any atom is -0.493 e. The predicted octanol–water partition coefficient (Wildman–Crippen LogP) is 2.58. The number of carboxylic acids is 1. The van der Waals surface area contributed by atoms with E-state index in [1.807, 2.05) is 31.2 Å². The molecule has 1 rings (SSSR count). The maximum Gasteiger partial charge on any atom is 0.306 e. The van der Waals surface area contributed by atoms with Crippen molar-refractivity contribution in [3.05, 3.63) is 29.8 Å². The number of aliphatic carboxylic acids is 1. The number of hydrogen-bond acceptors (Lipinski definition) is 3. The Hall–Kier alpha value is -1.97. The zero-order valence-electron chi connectivity index (χ0n) is 9.97. The van der Waals surface area contributed by atoms with Crippen LogP contribution in [0.15, 0.2) is 24.3 Å². The normalized spacial score (nSPS) is 10.5. The third-order valence-corrected chi connectivity index (χ3v) is 2.12. The number of benzene rings is 1. The van der Waals surface area contributed by atoms with Crippen LogP contribution in [0.4, 0.5) is 0 Å².